The Morgan fingerprint density at radius 1 is 1.52 bits per heavy atom. The van der Waals surface area contributed by atoms with Gasteiger partial charge in [0.2, 0.25) is 11.4 Å². The Kier molecular flexibility index (Phi) is 2.86. The van der Waals surface area contributed by atoms with E-state index in [-0.39, 0.29) is 11.8 Å². The largest absolute Gasteiger partial charge is 0.453 e. The molecule has 5 heteroatoms. The summed E-state index contributed by atoms with van der Waals surface area (Å²) in [4.78, 5) is 24.6. The van der Waals surface area contributed by atoms with E-state index in [1.807, 2.05) is 12.2 Å². The second kappa shape index (κ2) is 4.19. The standard InChI is InChI=1S/C16H21NO4/c1-4-14(2)12(19)17-16(13(20)21-15(14,16)3)11(18)10-8-6-5-7-9-10/h4,6,8,10-11,18H,1,5,7,9H2,2-3H3,(H,17,19)/t10-,11+,14+,15+,16+/m1/s1. The molecule has 5 atom stereocenters. The zero-order valence-corrected chi connectivity index (χ0v) is 12.4. The molecule has 0 radical (unpaired) electrons. The highest BCUT2D eigenvalue weighted by molar-refractivity contribution is 6.04. The fraction of sp³-hybridized carbons (Fsp3) is 0.625. The van der Waals surface area contributed by atoms with Gasteiger partial charge in [0.15, 0.2) is 5.60 Å². The van der Waals surface area contributed by atoms with Crippen molar-refractivity contribution in [2.75, 3.05) is 0 Å². The predicted octanol–water partition coefficient (Wildman–Crippen LogP) is 1.08. The molecule has 0 aromatic heterocycles. The zero-order chi connectivity index (χ0) is 15.5. The van der Waals surface area contributed by atoms with Crippen LogP contribution in [0.2, 0.25) is 0 Å². The molecule has 3 rings (SSSR count). The Morgan fingerprint density at radius 3 is 2.76 bits per heavy atom. The number of carbonyl (C=O) groups is 2. The summed E-state index contributed by atoms with van der Waals surface area (Å²) >= 11 is 0. The minimum absolute atomic E-state index is 0.154. The third-order valence-corrected chi connectivity index (χ3v) is 5.69. The van der Waals surface area contributed by atoms with Gasteiger partial charge in [-0.25, -0.2) is 4.79 Å². The minimum Gasteiger partial charge on any atom is -0.453 e. The van der Waals surface area contributed by atoms with Gasteiger partial charge >= 0.3 is 5.97 Å². The molecule has 2 N–H and O–H groups in total. The van der Waals surface area contributed by atoms with Crippen molar-refractivity contribution in [2.24, 2.45) is 11.3 Å². The summed E-state index contributed by atoms with van der Waals surface area (Å²) in [6.07, 6.45) is 7.19. The molecule has 5 nitrogen and oxygen atoms in total. The summed E-state index contributed by atoms with van der Waals surface area (Å²) < 4.78 is 5.37. The molecular weight excluding hydrogens is 270 g/mol. The maximum Gasteiger partial charge on any atom is 0.339 e. The van der Waals surface area contributed by atoms with Gasteiger partial charge in [-0.05, 0) is 33.1 Å². The van der Waals surface area contributed by atoms with E-state index in [9.17, 15) is 14.7 Å². The summed E-state index contributed by atoms with van der Waals surface area (Å²) in [5.41, 5.74) is -3.53. The van der Waals surface area contributed by atoms with E-state index in [1.54, 1.807) is 13.8 Å². The zero-order valence-electron chi connectivity index (χ0n) is 12.4. The Balaban J connectivity index is 2.04. The van der Waals surface area contributed by atoms with Crippen molar-refractivity contribution in [2.45, 2.75) is 50.4 Å². The molecule has 2 aliphatic heterocycles. The highest BCUT2D eigenvalue weighted by atomic mass is 16.6. The number of aliphatic hydroxyl groups is 1. The van der Waals surface area contributed by atoms with Crippen molar-refractivity contribution < 1.29 is 19.4 Å². The maximum atomic E-state index is 12.4. The second-order valence-electron chi connectivity index (χ2n) is 6.56. The molecule has 1 amide bonds. The molecule has 0 bridgehead atoms. The Morgan fingerprint density at radius 2 is 2.24 bits per heavy atom. The Bertz CT molecular complexity index is 556. The first-order valence-corrected chi connectivity index (χ1v) is 7.38. The van der Waals surface area contributed by atoms with Crippen molar-refractivity contribution in [1.82, 2.24) is 5.32 Å². The number of nitrogens with one attached hydrogen (secondary N) is 1. The lowest BCUT2D eigenvalue weighted by molar-refractivity contribution is -0.244. The van der Waals surface area contributed by atoms with Gasteiger partial charge in [-0.1, -0.05) is 18.2 Å². The maximum absolute atomic E-state index is 12.4. The van der Waals surface area contributed by atoms with Crippen LogP contribution < -0.4 is 5.32 Å². The molecule has 2 fully saturated rings. The van der Waals surface area contributed by atoms with Crippen LogP contribution in [0.5, 0.6) is 0 Å². The molecule has 2 heterocycles. The molecule has 114 valence electrons. The first-order valence-electron chi connectivity index (χ1n) is 7.38. The third kappa shape index (κ3) is 1.40. The van der Waals surface area contributed by atoms with E-state index in [2.05, 4.69) is 11.9 Å². The summed E-state index contributed by atoms with van der Waals surface area (Å²) in [5, 5.41) is 13.6. The van der Waals surface area contributed by atoms with Gasteiger partial charge in [-0.3, -0.25) is 4.79 Å². The van der Waals surface area contributed by atoms with Gasteiger partial charge in [0.05, 0.1) is 6.10 Å². The SMILES string of the molecule is C=C[C@@]1(C)C(=O)N[C@@]2([C@@H](O)[C@@H]3C=CCCC3)C(=O)O[C@@]12C. The average molecular weight is 291 g/mol. The van der Waals surface area contributed by atoms with E-state index in [0.717, 1.165) is 19.3 Å². The van der Waals surface area contributed by atoms with Crippen molar-refractivity contribution in [3.63, 3.8) is 0 Å². The molecule has 0 aromatic rings. The third-order valence-electron chi connectivity index (χ3n) is 5.69. The summed E-state index contributed by atoms with van der Waals surface area (Å²) in [5.74, 6) is -1.04. The van der Waals surface area contributed by atoms with Crippen molar-refractivity contribution in [3.05, 3.63) is 24.8 Å². The Hall–Kier alpha value is -1.62. The van der Waals surface area contributed by atoms with Crippen molar-refractivity contribution >= 4 is 11.9 Å². The van der Waals surface area contributed by atoms with Crippen molar-refractivity contribution in [3.8, 4) is 0 Å². The lowest BCUT2D eigenvalue weighted by atomic mass is 9.60. The lowest BCUT2D eigenvalue weighted by Crippen LogP contribution is -2.81. The molecule has 1 aliphatic carbocycles. The van der Waals surface area contributed by atoms with Crippen LogP contribution >= 0.6 is 0 Å². The fourth-order valence-corrected chi connectivity index (χ4v) is 3.89. The number of ether oxygens (including phenoxy) is 1. The van der Waals surface area contributed by atoms with Crippen LogP contribution in [-0.4, -0.2) is 34.2 Å². The van der Waals surface area contributed by atoms with E-state index in [0.29, 0.717) is 0 Å². The summed E-state index contributed by atoms with van der Waals surface area (Å²) in [7, 11) is 0. The number of aliphatic hydroxyl groups excluding tert-OH is 1. The van der Waals surface area contributed by atoms with Crippen LogP contribution in [0.1, 0.15) is 33.1 Å². The van der Waals surface area contributed by atoms with E-state index in [4.69, 9.17) is 4.74 Å². The number of hydrogen-bond acceptors (Lipinski definition) is 4. The highest BCUT2D eigenvalue weighted by Gasteiger charge is 2.83. The molecule has 21 heavy (non-hydrogen) atoms. The number of fused-ring (bicyclic) bond motifs is 1. The smallest absolute Gasteiger partial charge is 0.339 e. The van der Waals surface area contributed by atoms with Gasteiger partial charge < -0.3 is 15.2 Å². The molecule has 0 saturated carbocycles. The Labute approximate surface area is 124 Å². The van der Waals surface area contributed by atoms with Crippen LogP contribution in [0.3, 0.4) is 0 Å². The summed E-state index contributed by atoms with van der Waals surface area (Å²) in [6, 6.07) is 0. The molecule has 0 spiro atoms. The second-order valence-corrected chi connectivity index (χ2v) is 6.56. The monoisotopic (exact) mass is 291 g/mol. The molecule has 0 unspecified atom stereocenters. The predicted molar refractivity (Wildman–Crippen MR) is 76.2 cm³/mol. The number of carbonyl (C=O) groups excluding carboxylic acids is 2. The molecular formula is C16H21NO4. The van der Waals surface area contributed by atoms with Crippen LogP contribution in [0, 0.1) is 11.3 Å². The van der Waals surface area contributed by atoms with E-state index < -0.39 is 28.6 Å². The average Bonchev–Trinajstić information content (AvgIpc) is 2.63. The normalized spacial score (nSPS) is 46.1. The van der Waals surface area contributed by atoms with Crippen LogP contribution in [0.25, 0.3) is 0 Å². The van der Waals surface area contributed by atoms with Crippen LogP contribution in [0.15, 0.2) is 24.8 Å². The first-order chi connectivity index (χ1) is 9.83. The van der Waals surface area contributed by atoms with Gasteiger partial charge in [0, 0.05) is 5.92 Å². The van der Waals surface area contributed by atoms with Crippen molar-refractivity contribution in [1.29, 1.82) is 0 Å². The van der Waals surface area contributed by atoms with Gasteiger partial charge in [0.25, 0.3) is 0 Å². The van der Waals surface area contributed by atoms with Crippen LogP contribution in [-0.2, 0) is 14.3 Å². The van der Waals surface area contributed by atoms with E-state index in [1.165, 1.54) is 6.08 Å². The lowest BCUT2D eigenvalue weighted by Gasteiger charge is -2.56. The quantitative estimate of drug-likeness (QED) is 0.602. The van der Waals surface area contributed by atoms with Crippen LogP contribution in [0.4, 0.5) is 0 Å². The topological polar surface area (TPSA) is 75.6 Å². The van der Waals surface area contributed by atoms with Gasteiger partial charge in [-0.2, -0.15) is 0 Å². The summed E-state index contributed by atoms with van der Waals surface area (Å²) in [6.45, 7) is 7.09. The first kappa shape index (κ1) is 14.3. The number of amides is 1. The molecule has 3 aliphatic rings. The fourth-order valence-electron chi connectivity index (χ4n) is 3.89. The number of rotatable bonds is 3. The molecule has 0 aromatic carbocycles. The van der Waals surface area contributed by atoms with E-state index >= 15 is 0 Å². The van der Waals surface area contributed by atoms with Gasteiger partial charge in [0.1, 0.15) is 5.41 Å². The molecule has 2 saturated heterocycles. The number of allylic oxidation sites excluding steroid dienone is 1. The van der Waals surface area contributed by atoms with Gasteiger partial charge in [-0.15, -0.1) is 6.58 Å². The number of esters is 1. The number of hydrogen-bond donors (Lipinski definition) is 2. The highest BCUT2D eigenvalue weighted by Crippen LogP contribution is 2.58. The minimum atomic E-state index is -1.38.